The molecule has 1 aliphatic heterocycles. The lowest BCUT2D eigenvalue weighted by Gasteiger charge is -2.34. The standard InChI is InChI=1S/C20H28ClN7/c1-22-19(26-16-17-5-2-6-18(21)15-17)23-9-4-10-27-11-13-28(14-12-27)20-24-7-3-8-25-20/h2-3,5-8,15H,4,9-14,16H2,1H3,(H2,22,23,26). The molecule has 1 aliphatic rings. The van der Waals surface area contributed by atoms with Crippen LogP contribution < -0.4 is 15.5 Å². The predicted molar refractivity (Wildman–Crippen MR) is 115 cm³/mol. The highest BCUT2D eigenvalue weighted by Crippen LogP contribution is 2.11. The molecule has 150 valence electrons. The zero-order chi connectivity index (χ0) is 19.6. The molecule has 0 radical (unpaired) electrons. The fraction of sp³-hybridized carbons (Fsp3) is 0.450. The van der Waals surface area contributed by atoms with Crippen molar-refractivity contribution in [1.82, 2.24) is 25.5 Å². The molecular weight excluding hydrogens is 374 g/mol. The number of aliphatic imine (C=N–C) groups is 1. The molecule has 7 nitrogen and oxygen atoms in total. The number of hydrogen-bond acceptors (Lipinski definition) is 5. The number of rotatable bonds is 7. The molecule has 8 heteroatoms. The largest absolute Gasteiger partial charge is 0.356 e. The first kappa shape index (κ1) is 20.4. The molecule has 28 heavy (non-hydrogen) atoms. The van der Waals surface area contributed by atoms with E-state index in [1.807, 2.05) is 30.3 Å². The highest BCUT2D eigenvalue weighted by atomic mass is 35.5. The van der Waals surface area contributed by atoms with Crippen molar-refractivity contribution < 1.29 is 0 Å². The van der Waals surface area contributed by atoms with E-state index in [-0.39, 0.29) is 0 Å². The molecule has 1 fully saturated rings. The first-order chi connectivity index (χ1) is 13.7. The van der Waals surface area contributed by atoms with Crippen LogP contribution in [0.1, 0.15) is 12.0 Å². The van der Waals surface area contributed by atoms with Crippen molar-refractivity contribution in [3.05, 3.63) is 53.3 Å². The number of nitrogens with one attached hydrogen (secondary N) is 2. The number of halogens is 1. The van der Waals surface area contributed by atoms with Gasteiger partial charge in [-0.25, -0.2) is 9.97 Å². The average molecular weight is 402 g/mol. The third-order valence-electron chi connectivity index (χ3n) is 4.72. The van der Waals surface area contributed by atoms with Crippen LogP contribution in [0, 0.1) is 0 Å². The lowest BCUT2D eigenvalue weighted by atomic mass is 10.2. The first-order valence-electron chi connectivity index (χ1n) is 9.68. The van der Waals surface area contributed by atoms with E-state index in [0.717, 1.165) is 68.2 Å². The number of hydrogen-bond donors (Lipinski definition) is 2. The quantitative estimate of drug-likeness (QED) is 0.420. The fourth-order valence-corrected chi connectivity index (χ4v) is 3.40. The smallest absolute Gasteiger partial charge is 0.225 e. The van der Waals surface area contributed by atoms with Crippen molar-refractivity contribution in [2.24, 2.45) is 4.99 Å². The topological polar surface area (TPSA) is 68.7 Å². The van der Waals surface area contributed by atoms with Gasteiger partial charge < -0.3 is 15.5 Å². The highest BCUT2D eigenvalue weighted by molar-refractivity contribution is 6.30. The molecule has 0 unspecified atom stereocenters. The van der Waals surface area contributed by atoms with Crippen molar-refractivity contribution in [2.45, 2.75) is 13.0 Å². The van der Waals surface area contributed by atoms with Crippen LogP contribution in [0.2, 0.25) is 5.02 Å². The summed E-state index contributed by atoms with van der Waals surface area (Å²) in [6, 6.07) is 9.70. The van der Waals surface area contributed by atoms with E-state index in [1.165, 1.54) is 0 Å². The number of aromatic nitrogens is 2. The molecule has 1 aromatic carbocycles. The second-order valence-electron chi connectivity index (χ2n) is 6.71. The van der Waals surface area contributed by atoms with E-state index in [2.05, 4.69) is 35.4 Å². The van der Waals surface area contributed by atoms with Gasteiger partial charge in [0.25, 0.3) is 0 Å². The molecule has 3 rings (SSSR count). The molecule has 0 atom stereocenters. The lowest BCUT2D eigenvalue weighted by Crippen LogP contribution is -2.47. The maximum absolute atomic E-state index is 6.03. The Morgan fingerprint density at radius 3 is 2.61 bits per heavy atom. The van der Waals surface area contributed by atoms with Crippen LogP contribution in [0.5, 0.6) is 0 Å². The van der Waals surface area contributed by atoms with Crippen molar-refractivity contribution in [2.75, 3.05) is 51.2 Å². The maximum Gasteiger partial charge on any atom is 0.225 e. The Morgan fingerprint density at radius 1 is 1.11 bits per heavy atom. The van der Waals surface area contributed by atoms with Crippen LogP contribution in [0.3, 0.4) is 0 Å². The van der Waals surface area contributed by atoms with Crippen LogP contribution in [-0.2, 0) is 6.54 Å². The SMILES string of the molecule is CN=C(NCCCN1CCN(c2ncccn2)CC1)NCc1cccc(Cl)c1. The fourth-order valence-electron chi connectivity index (χ4n) is 3.19. The molecule has 0 saturated carbocycles. The van der Waals surface area contributed by atoms with Crippen LogP contribution >= 0.6 is 11.6 Å². The van der Waals surface area contributed by atoms with E-state index in [4.69, 9.17) is 11.6 Å². The number of guanidine groups is 1. The minimum atomic E-state index is 0.698. The Balaban J connectivity index is 1.31. The van der Waals surface area contributed by atoms with Gasteiger partial charge in [-0.15, -0.1) is 0 Å². The molecule has 1 aromatic heterocycles. The van der Waals surface area contributed by atoms with Crippen LogP contribution in [0.4, 0.5) is 5.95 Å². The molecule has 2 N–H and O–H groups in total. The Morgan fingerprint density at radius 2 is 1.89 bits per heavy atom. The van der Waals surface area contributed by atoms with E-state index < -0.39 is 0 Å². The summed E-state index contributed by atoms with van der Waals surface area (Å²) >= 11 is 6.03. The van der Waals surface area contributed by atoms with Gasteiger partial charge in [0.15, 0.2) is 5.96 Å². The molecule has 2 heterocycles. The third kappa shape index (κ3) is 6.35. The third-order valence-corrected chi connectivity index (χ3v) is 4.96. The molecular formula is C20H28ClN7. The van der Waals surface area contributed by atoms with Gasteiger partial charge in [0.2, 0.25) is 5.95 Å². The predicted octanol–water partition coefficient (Wildman–Crippen LogP) is 2.01. The first-order valence-corrected chi connectivity index (χ1v) is 10.1. The van der Waals surface area contributed by atoms with Gasteiger partial charge in [-0.05, 0) is 36.7 Å². The lowest BCUT2D eigenvalue weighted by molar-refractivity contribution is 0.254. The van der Waals surface area contributed by atoms with Gasteiger partial charge in [0.1, 0.15) is 0 Å². The Kier molecular flexibility index (Phi) is 7.87. The summed E-state index contributed by atoms with van der Waals surface area (Å²) in [6.45, 7) is 6.68. The van der Waals surface area contributed by atoms with Crippen molar-refractivity contribution in [3.63, 3.8) is 0 Å². The number of benzene rings is 1. The summed E-state index contributed by atoms with van der Waals surface area (Å²) in [5, 5.41) is 7.45. The minimum Gasteiger partial charge on any atom is -0.356 e. The van der Waals surface area contributed by atoms with Gasteiger partial charge in [-0.3, -0.25) is 9.89 Å². The van der Waals surface area contributed by atoms with Crippen molar-refractivity contribution >= 4 is 23.5 Å². The highest BCUT2D eigenvalue weighted by Gasteiger charge is 2.18. The molecule has 0 aliphatic carbocycles. The molecule has 2 aromatic rings. The van der Waals surface area contributed by atoms with E-state index in [1.54, 1.807) is 19.4 Å². The van der Waals surface area contributed by atoms with Crippen LogP contribution in [0.15, 0.2) is 47.7 Å². The van der Waals surface area contributed by atoms with Crippen molar-refractivity contribution in [3.8, 4) is 0 Å². The van der Waals surface area contributed by atoms with Gasteiger partial charge in [-0.2, -0.15) is 0 Å². The monoisotopic (exact) mass is 401 g/mol. The molecule has 0 spiro atoms. The molecule has 0 bridgehead atoms. The molecule has 1 saturated heterocycles. The number of nitrogens with zero attached hydrogens (tertiary/aromatic N) is 5. The Labute approximate surface area is 171 Å². The van der Waals surface area contributed by atoms with Crippen LogP contribution in [0.25, 0.3) is 0 Å². The second kappa shape index (κ2) is 10.8. The van der Waals surface area contributed by atoms with Gasteiger partial charge in [0.05, 0.1) is 0 Å². The Hall–Kier alpha value is -2.38. The maximum atomic E-state index is 6.03. The summed E-state index contributed by atoms with van der Waals surface area (Å²) in [7, 11) is 1.79. The van der Waals surface area contributed by atoms with Crippen LogP contribution in [-0.4, -0.2) is 67.1 Å². The summed E-state index contributed by atoms with van der Waals surface area (Å²) in [6.07, 6.45) is 4.67. The molecule has 0 amide bonds. The van der Waals surface area contributed by atoms with E-state index in [0.29, 0.717) is 6.54 Å². The summed E-state index contributed by atoms with van der Waals surface area (Å²) in [5.41, 5.74) is 1.13. The average Bonchev–Trinajstić information content (AvgIpc) is 2.74. The zero-order valence-corrected chi connectivity index (χ0v) is 17.1. The number of anilines is 1. The van der Waals surface area contributed by atoms with E-state index >= 15 is 0 Å². The summed E-state index contributed by atoms with van der Waals surface area (Å²) in [5.74, 6) is 1.64. The van der Waals surface area contributed by atoms with Gasteiger partial charge in [-0.1, -0.05) is 23.7 Å². The van der Waals surface area contributed by atoms with E-state index in [9.17, 15) is 0 Å². The Bertz CT molecular complexity index is 745. The second-order valence-corrected chi connectivity index (χ2v) is 7.15. The summed E-state index contributed by atoms with van der Waals surface area (Å²) in [4.78, 5) is 17.7. The van der Waals surface area contributed by atoms with Crippen molar-refractivity contribution in [1.29, 1.82) is 0 Å². The summed E-state index contributed by atoms with van der Waals surface area (Å²) < 4.78 is 0. The zero-order valence-electron chi connectivity index (χ0n) is 16.3. The normalized spacial score (nSPS) is 15.5. The number of piperazine rings is 1. The van der Waals surface area contributed by atoms with Gasteiger partial charge >= 0.3 is 0 Å². The minimum absolute atomic E-state index is 0.698. The van der Waals surface area contributed by atoms with Gasteiger partial charge in [0, 0.05) is 63.7 Å².